The van der Waals surface area contributed by atoms with E-state index in [1.165, 1.54) is 18.2 Å². The van der Waals surface area contributed by atoms with Gasteiger partial charge in [-0.1, -0.05) is 11.6 Å². The van der Waals surface area contributed by atoms with E-state index in [4.69, 9.17) is 32.0 Å². The van der Waals surface area contributed by atoms with Gasteiger partial charge in [0.15, 0.2) is 0 Å². The maximum absolute atomic E-state index is 10.8. The standard InChI is InChI=1S/C10H10O4.C8H5ClO4/c1-5-3-7(9(11)12)4-6(2)8(5)10(13)14;9-6-3-4(7(10)11)1-2-5(6)8(12)13/h3-4H,1-2H3,(H,11,12)(H,13,14);1-3H,(H,10,11)(H,12,13). The summed E-state index contributed by atoms with van der Waals surface area (Å²) in [6.45, 7) is 3.17. The highest BCUT2D eigenvalue weighted by molar-refractivity contribution is 6.33. The lowest BCUT2D eigenvalue weighted by molar-refractivity contribution is 0.0679. The molecule has 0 saturated heterocycles. The van der Waals surface area contributed by atoms with Crippen LogP contribution in [0.5, 0.6) is 0 Å². The van der Waals surface area contributed by atoms with E-state index < -0.39 is 23.9 Å². The van der Waals surface area contributed by atoms with E-state index in [-0.39, 0.29) is 27.3 Å². The second-order valence-corrected chi connectivity index (χ2v) is 5.81. The lowest BCUT2D eigenvalue weighted by Gasteiger charge is -2.06. The quantitative estimate of drug-likeness (QED) is 0.616. The Bertz CT molecular complexity index is 910. The van der Waals surface area contributed by atoms with Crippen molar-refractivity contribution in [1.82, 2.24) is 0 Å². The first-order chi connectivity index (χ1) is 12.5. The van der Waals surface area contributed by atoms with Crippen molar-refractivity contribution in [1.29, 1.82) is 0 Å². The summed E-state index contributed by atoms with van der Waals surface area (Å²) in [6.07, 6.45) is 0. The summed E-state index contributed by atoms with van der Waals surface area (Å²) in [4.78, 5) is 42.3. The highest BCUT2D eigenvalue weighted by atomic mass is 35.5. The predicted molar refractivity (Wildman–Crippen MR) is 95.2 cm³/mol. The lowest BCUT2D eigenvalue weighted by atomic mass is 9.99. The molecule has 2 aromatic carbocycles. The molecule has 0 fully saturated rings. The molecule has 0 saturated carbocycles. The molecule has 0 aliphatic heterocycles. The molecule has 0 bridgehead atoms. The van der Waals surface area contributed by atoms with Crippen LogP contribution in [0.2, 0.25) is 5.02 Å². The summed E-state index contributed by atoms with van der Waals surface area (Å²) < 4.78 is 0. The van der Waals surface area contributed by atoms with Gasteiger partial charge in [0.1, 0.15) is 0 Å². The van der Waals surface area contributed by atoms with Crippen LogP contribution in [0.4, 0.5) is 0 Å². The van der Waals surface area contributed by atoms with Gasteiger partial charge in [-0.15, -0.1) is 0 Å². The molecule has 0 amide bonds. The molecule has 0 spiro atoms. The molecule has 0 aromatic heterocycles. The number of carbonyl (C=O) groups is 4. The molecule has 0 atom stereocenters. The van der Waals surface area contributed by atoms with Crippen molar-refractivity contribution in [2.24, 2.45) is 0 Å². The zero-order valence-corrected chi connectivity index (χ0v) is 14.9. The summed E-state index contributed by atoms with van der Waals surface area (Å²) in [7, 11) is 0. The van der Waals surface area contributed by atoms with Crippen molar-refractivity contribution < 1.29 is 39.6 Å². The summed E-state index contributed by atoms with van der Waals surface area (Å²) in [5.74, 6) is -4.40. The van der Waals surface area contributed by atoms with Crippen molar-refractivity contribution in [3.8, 4) is 0 Å². The Morgan fingerprint density at radius 2 is 1.19 bits per heavy atom. The summed E-state index contributed by atoms with van der Waals surface area (Å²) in [5.41, 5.74) is 1.09. The first-order valence-electron chi connectivity index (χ1n) is 7.29. The maximum Gasteiger partial charge on any atom is 0.337 e. The van der Waals surface area contributed by atoms with Gasteiger partial charge in [-0.05, 0) is 55.3 Å². The van der Waals surface area contributed by atoms with Gasteiger partial charge in [-0.3, -0.25) is 0 Å². The third kappa shape index (κ3) is 5.55. The largest absolute Gasteiger partial charge is 0.478 e. The Hall–Kier alpha value is -3.39. The van der Waals surface area contributed by atoms with E-state index in [1.807, 2.05) is 0 Å². The predicted octanol–water partition coefficient (Wildman–Crippen LogP) is 3.44. The molecule has 9 heteroatoms. The number of hydrogen-bond donors (Lipinski definition) is 4. The molecule has 142 valence electrons. The Balaban J connectivity index is 0.000000271. The zero-order valence-electron chi connectivity index (χ0n) is 14.2. The summed E-state index contributed by atoms with van der Waals surface area (Å²) in [5, 5.41) is 34.6. The van der Waals surface area contributed by atoms with E-state index in [0.29, 0.717) is 11.1 Å². The van der Waals surface area contributed by atoms with E-state index >= 15 is 0 Å². The van der Waals surface area contributed by atoms with E-state index in [0.717, 1.165) is 12.1 Å². The third-order valence-electron chi connectivity index (χ3n) is 3.44. The van der Waals surface area contributed by atoms with Crippen LogP contribution in [-0.4, -0.2) is 44.3 Å². The number of carboxylic acids is 4. The van der Waals surface area contributed by atoms with Crippen LogP contribution in [0.25, 0.3) is 0 Å². The van der Waals surface area contributed by atoms with Crippen LogP contribution in [-0.2, 0) is 0 Å². The van der Waals surface area contributed by atoms with Gasteiger partial charge < -0.3 is 20.4 Å². The molecule has 0 aliphatic carbocycles. The van der Waals surface area contributed by atoms with Crippen LogP contribution >= 0.6 is 11.6 Å². The molecule has 27 heavy (non-hydrogen) atoms. The minimum absolute atomic E-state index is 0.0324. The van der Waals surface area contributed by atoms with Gasteiger partial charge in [-0.25, -0.2) is 19.2 Å². The zero-order chi connectivity index (χ0) is 20.9. The molecule has 4 N–H and O–H groups in total. The van der Waals surface area contributed by atoms with Gasteiger partial charge in [0.05, 0.1) is 27.3 Å². The summed E-state index contributed by atoms with van der Waals surface area (Å²) in [6, 6.07) is 6.18. The highest BCUT2D eigenvalue weighted by Crippen LogP contribution is 2.18. The molecule has 0 radical (unpaired) electrons. The van der Waals surface area contributed by atoms with Gasteiger partial charge in [-0.2, -0.15) is 0 Å². The molecule has 8 nitrogen and oxygen atoms in total. The Labute approximate surface area is 158 Å². The topological polar surface area (TPSA) is 149 Å². The van der Waals surface area contributed by atoms with Crippen molar-refractivity contribution in [2.75, 3.05) is 0 Å². The fourth-order valence-electron chi connectivity index (χ4n) is 2.25. The Morgan fingerprint density at radius 3 is 1.52 bits per heavy atom. The molecular formula is C18H15ClO8. The van der Waals surface area contributed by atoms with Crippen LogP contribution in [0.3, 0.4) is 0 Å². The minimum Gasteiger partial charge on any atom is -0.478 e. The third-order valence-corrected chi connectivity index (χ3v) is 3.75. The highest BCUT2D eigenvalue weighted by Gasteiger charge is 2.14. The molecule has 0 heterocycles. The van der Waals surface area contributed by atoms with Crippen molar-refractivity contribution in [2.45, 2.75) is 13.8 Å². The second-order valence-electron chi connectivity index (χ2n) is 5.40. The molecule has 2 rings (SSSR count). The fraction of sp³-hybridized carbons (Fsp3) is 0.111. The van der Waals surface area contributed by atoms with Crippen LogP contribution in [0.1, 0.15) is 52.6 Å². The number of benzene rings is 2. The number of aromatic carboxylic acids is 4. The van der Waals surface area contributed by atoms with Crippen LogP contribution in [0.15, 0.2) is 30.3 Å². The van der Waals surface area contributed by atoms with Crippen molar-refractivity contribution >= 4 is 35.5 Å². The second kappa shape index (κ2) is 8.81. The van der Waals surface area contributed by atoms with E-state index in [1.54, 1.807) is 13.8 Å². The fourth-order valence-corrected chi connectivity index (χ4v) is 2.51. The monoisotopic (exact) mass is 394 g/mol. The van der Waals surface area contributed by atoms with Crippen molar-refractivity contribution in [3.05, 3.63) is 68.7 Å². The molecule has 0 aliphatic rings. The molecule has 0 unspecified atom stereocenters. The SMILES string of the molecule is Cc1cc(C(=O)O)cc(C)c1C(=O)O.O=C(O)c1ccc(C(=O)O)c(Cl)c1. The number of halogens is 1. The normalized spacial score (nSPS) is 9.74. The number of carboxylic acid groups (broad SMARTS) is 4. The number of aryl methyl sites for hydroxylation is 2. The van der Waals surface area contributed by atoms with Gasteiger partial charge in [0.2, 0.25) is 0 Å². The molecular weight excluding hydrogens is 380 g/mol. The molecule has 2 aromatic rings. The Kier molecular flexibility index (Phi) is 7.07. The average Bonchev–Trinajstić information content (AvgIpc) is 2.53. The van der Waals surface area contributed by atoms with E-state index in [2.05, 4.69) is 0 Å². The first-order valence-corrected chi connectivity index (χ1v) is 7.67. The lowest BCUT2D eigenvalue weighted by Crippen LogP contribution is -2.06. The average molecular weight is 395 g/mol. The first kappa shape index (κ1) is 21.7. The smallest absolute Gasteiger partial charge is 0.337 e. The van der Waals surface area contributed by atoms with Crippen molar-refractivity contribution in [3.63, 3.8) is 0 Å². The van der Waals surface area contributed by atoms with Gasteiger partial charge in [0, 0.05) is 0 Å². The van der Waals surface area contributed by atoms with Gasteiger partial charge >= 0.3 is 23.9 Å². The summed E-state index contributed by atoms with van der Waals surface area (Å²) >= 11 is 5.52. The van der Waals surface area contributed by atoms with Crippen LogP contribution < -0.4 is 0 Å². The van der Waals surface area contributed by atoms with E-state index in [9.17, 15) is 19.2 Å². The number of hydrogen-bond acceptors (Lipinski definition) is 4. The minimum atomic E-state index is -1.18. The maximum atomic E-state index is 10.8. The Morgan fingerprint density at radius 1 is 0.704 bits per heavy atom. The van der Waals surface area contributed by atoms with Crippen LogP contribution in [0, 0.1) is 13.8 Å². The van der Waals surface area contributed by atoms with Gasteiger partial charge in [0.25, 0.3) is 0 Å². The number of rotatable bonds is 4.